The number of nitrogens with zero attached hydrogens (tertiary/aromatic N) is 3. The van der Waals surface area contributed by atoms with E-state index in [1.807, 2.05) is 16.8 Å². The van der Waals surface area contributed by atoms with Crippen molar-refractivity contribution >= 4 is 33.4 Å². The minimum Gasteiger partial charge on any atom is -0.383 e. The molecule has 21 heavy (non-hydrogen) atoms. The fraction of sp³-hybridized carbons (Fsp3) is 0.375. The minimum absolute atomic E-state index is 0.380. The Morgan fingerprint density at radius 3 is 2.62 bits per heavy atom. The molecule has 0 radical (unpaired) electrons. The van der Waals surface area contributed by atoms with Crippen molar-refractivity contribution in [2.75, 3.05) is 11.5 Å². The zero-order valence-electron chi connectivity index (χ0n) is 12.7. The monoisotopic (exact) mass is 283 g/mol. The molecule has 0 bridgehead atoms. The first-order valence-corrected chi connectivity index (χ1v) is 7.38. The molecule has 2 aromatic heterocycles. The number of rotatable bonds is 3. The van der Waals surface area contributed by atoms with E-state index in [1.165, 1.54) is 5.56 Å². The maximum absolute atomic E-state index is 6.30. The fourth-order valence-electron chi connectivity index (χ4n) is 2.83. The smallest absolute Gasteiger partial charge is 0.152 e. The van der Waals surface area contributed by atoms with Crippen molar-refractivity contribution in [1.82, 2.24) is 14.8 Å². The van der Waals surface area contributed by atoms with Gasteiger partial charge in [-0.05, 0) is 17.9 Å². The first kappa shape index (κ1) is 13.7. The lowest BCUT2D eigenvalue weighted by Gasteiger charge is -2.10. The van der Waals surface area contributed by atoms with E-state index >= 15 is 0 Å². The summed E-state index contributed by atoms with van der Waals surface area (Å²) in [5.74, 6) is 1.50. The molecule has 5 nitrogen and oxygen atoms in total. The van der Waals surface area contributed by atoms with Gasteiger partial charge in [0.25, 0.3) is 0 Å². The molecule has 0 aliphatic heterocycles. The lowest BCUT2D eigenvalue weighted by atomic mass is 9.98. The largest absolute Gasteiger partial charge is 0.383 e. The summed E-state index contributed by atoms with van der Waals surface area (Å²) in [7, 11) is 0. The highest BCUT2D eigenvalue weighted by Crippen LogP contribution is 2.34. The van der Waals surface area contributed by atoms with Crippen LogP contribution in [0.2, 0.25) is 0 Å². The Morgan fingerprint density at radius 2 is 1.95 bits per heavy atom. The molecule has 110 valence electrons. The van der Waals surface area contributed by atoms with E-state index in [0.717, 1.165) is 29.3 Å². The summed E-state index contributed by atoms with van der Waals surface area (Å²) in [6.07, 6.45) is 0.973. The second-order valence-corrected chi connectivity index (χ2v) is 5.73. The van der Waals surface area contributed by atoms with Crippen LogP contribution in [0.1, 0.15) is 38.7 Å². The highest BCUT2D eigenvalue weighted by Gasteiger charge is 2.17. The summed E-state index contributed by atoms with van der Waals surface area (Å²) in [4.78, 5) is 4.59. The van der Waals surface area contributed by atoms with Gasteiger partial charge in [-0.25, -0.2) is 9.67 Å². The Bertz CT molecular complexity index is 816. The van der Waals surface area contributed by atoms with E-state index in [9.17, 15) is 0 Å². The van der Waals surface area contributed by atoms with Crippen LogP contribution >= 0.6 is 0 Å². The van der Waals surface area contributed by atoms with Crippen LogP contribution in [0.3, 0.4) is 0 Å². The van der Waals surface area contributed by atoms with Gasteiger partial charge < -0.3 is 11.5 Å². The number of nitrogens with two attached hydrogens (primary N) is 2. The third-order valence-electron chi connectivity index (χ3n) is 3.86. The Hall–Kier alpha value is -2.30. The van der Waals surface area contributed by atoms with Crippen LogP contribution in [0.15, 0.2) is 18.2 Å². The summed E-state index contributed by atoms with van der Waals surface area (Å²) in [5, 5.41) is 6.49. The summed E-state index contributed by atoms with van der Waals surface area (Å²) in [6, 6.07) is 6.19. The zero-order valence-corrected chi connectivity index (χ0v) is 12.7. The van der Waals surface area contributed by atoms with Gasteiger partial charge in [-0.15, -0.1) is 0 Å². The molecule has 0 saturated heterocycles. The van der Waals surface area contributed by atoms with Crippen molar-refractivity contribution in [3.8, 4) is 0 Å². The van der Waals surface area contributed by atoms with Gasteiger partial charge in [0.05, 0.1) is 10.9 Å². The molecule has 0 unspecified atom stereocenters. The Balaban J connectivity index is 2.45. The molecule has 4 N–H and O–H groups in total. The summed E-state index contributed by atoms with van der Waals surface area (Å²) in [5.41, 5.74) is 15.2. The molecule has 5 heteroatoms. The third-order valence-corrected chi connectivity index (χ3v) is 3.86. The topological polar surface area (TPSA) is 82.8 Å². The average Bonchev–Trinajstić information content (AvgIpc) is 2.77. The standard InChI is InChI=1S/C16H21N5/c1-4-8-21-16(18)12-11-7-5-6-10(9(2)3)13(11)19-15(17)14(12)20-21/h5-7,9H,4,8,18H2,1-3H3,(H2,17,19). The molecule has 1 aromatic carbocycles. The second kappa shape index (κ2) is 4.91. The Labute approximate surface area is 123 Å². The van der Waals surface area contributed by atoms with Crippen LogP contribution in [0, 0.1) is 0 Å². The molecular formula is C16H21N5. The Kier molecular flexibility index (Phi) is 3.20. The van der Waals surface area contributed by atoms with Crippen LogP contribution < -0.4 is 11.5 Å². The summed E-state index contributed by atoms with van der Waals surface area (Å²) >= 11 is 0. The fourth-order valence-corrected chi connectivity index (χ4v) is 2.83. The number of benzene rings is 1. The first-order valence-electron chi connectivity index (χ1n) is 7.38. The van der Waals surface area contributed by atoms with Crippen molar-refractivity contribution in [3.05, 3.63) is 23.8 Å². The van der Waals surface area contributed by atoms with Gasteiger partial charge in [0.15, 0.2) is 5.82 Å². The lowest BCUT2D eigenvalue weighted by Crippen LogP contribution is -2.03. The molecule has 0 fully saturated rings. The van der Waals surface area contributed by atoms with Gasteiger partial charge in [-0.2, -0.15) is 5.10 Å². The highest BCUT2D eigenvalue weighted by molar-refractivity contribution is 6.13. The van der Waals surface area contributed by atoms with E-state index in [2.05, 4.69) is 36.9 Å². The molecule has 0 amide bonds. The van der Waals surface area contributed by atoms with Crippen LogP contribution in [-0.2, 0) is 6.54 Å². The number of fused-ring (bicyclic) bond motifs is 3. The van der Waals surface area contributed by atoms with E-state index in [-0.39, 0.29) is 0 Å². The lowest BCUT2D eigenvalue weighted by molar-refractivity contribution is 0.617. The van der Waals surface area contributed by atoms with Gasteiger partial charge in [0.2, 0.25) is 0 Å². The summed E-state index contributed by atoms with van der Waals surface area (Å²) in [6.45, 7) is 7.19. The first-order chi connectivity index (χ1) is 10.0. The number of para-hydroxylation sites is 1. The Morgan fingerprint density at radius 1 is 1.19 bits per heavy atom. The van der Waals surface area contributed by atoms with Crippen LogP contribution in [0.5, 0.6) is 0 Å². The van der Waals surface area contributed by atoms with Crippen molar-refractivity contribution in [2.24, 2.45) is 0 Å². The average molecular weight is 283 g/mol. The number of pyridine rings is 1. The van der Waals surface area contributed by atoms with Crippen LogP contribution in [0.25, 0.3) is 21.8 Å². The maximum atomic E-state index is 6.30. The third kappa shape index (κ3) is 2.00. The predicted octanol–water partition coefficient (Wildman–Crippen LogP) is 3.28. The molecule has 0 saturated carbocycles. The molecule has 3 aromatic rings. The molecule has 2 heterocycles. The van der Waals surface area contributed by atoms with E-state index in [0.29, 0.717) is 23.1 Å². The number of hydrogen-bond donors (Lipinski definition) is 2. The molecule has 0 spiro atoms. The van der Waals surface area contributed by atoms with Gasteiger partial charge in [0, 0.05) is 11.9 Å². The normalized spacial score (nSPS) is 11.8. The molecular weight excluding hydrogens is 262 g/mol. The van der Waals surface area contributed by atoms with Crippen LogP contribution in [0.4, 0.5) is 11.6 Å². The zero-order chi connectivity index (χ0) is 15.1. The number of nitrogen functional groups attached to an aromatic ring is 2. The highest BCUT2D eigenvalue weighted by atomic mass is 15.3. The van der Waals surface area contributed by atoms with E-state index in [1.54, 1.807) is 0 Å². The van der Waals surface area contributed by atoms with E-state index in [4.69, 9.17) is 11.5 Å². The molecule has 0 atom stereocenters. The quantitative estimate of drug-likeness (QED) is 0.772. The van der Waals surface area contributed by atoms with Gasteiger partial charge in [-0.1, -0.05) is 39.0 Å². The van der Waals surface area contributed by atoms with Gasteiger partial charge >= 0.3 is 0 Å². The maximum Gasteiger partial charge on any atom is 0.152 e. The molecule has 0 aliphatic carbocycles. The molecule has 0 aliphatic rings. The van der Waals surface area contributed by atoms with E-state index < -0.39 is 0 Å². The number of aromatic nitrogens is 3. The van der Waals surface area contributed by atoms with Gasteiger partial charge in [-0.3, -0.25) is 0 Å². The predicted molar refractivity (Wildman–Crippen MR) is 88.2 cm³/mol. The van der Waals surface area contributed by atoms with Crippen molar-refractivity contribution in [2.45, 2.75) is 39.7 Å². The number of aryl methyl sites for hydroxylation is 1. The second-order valence-electron chi connectivity index (χ2n) is 5.73. The summed E-state index contributed by atoms with van der Waals surface area (Å²) < 4.78 is 1.82. The van der Waals surface area contributed by atoms with Gasteiger partial charge in [0.1, 0.15) is 11.3 Å². The number of hydrogen-bond acceptors (Lipinski definition) is 4. The SMILES string of the molecule is CCCn1nc2c(N)nc3c(C(C)C)cccc3c2c1N. The number of anilines is 2. The van der Waals surface area contributed by atoms with Crippen molar-refractivity contribution in [1.29, 1.82) is 0 Å². The van der Waals surface area contributed by atoms with Crippen molar-refractivity contribution in [3.63, 3.8) is 0 Å². The molecule has 3 rings (SSSR count). The van der Waals surface area contributed by atoms with Crippen molar-refractivity contribution < 1.29 is 0 Å². The van der Waals surface area contributed by atoms with Crippen LogP contribution in [-0.4, -0.2) is 14.8 Å². The minimum atomic E-state index is 0.380.